The van der Waals surface area contributed by atoms with E-state index in [1.165, 1.54) is 29.8 Å². The van der Waals surface area contributed by atoms with E-state index in [1.54, 1.807) is 23.9 Å². The lowest BCUT2D eigenvalue weighted by atomic mass is 10.2. The van der Waals surface area contributed by atoms with Gasteiger partial charge in [-0.25, -0.2) is 8.42 Å². The third-order valence-corrected chi connectivity index (χ3v) is 6.87. The molecular weight excluding hydrogens is 416 g/mol. The van der Waals surface area contributed by atoms with Crippen LogP contribution in [-0.2, 0) is 15.8 Å². The van der Waals surface area contributed by atoms with Crippen LogP contribution in [-0.4, -0.2) is 26.6 Å². The first kappa shape index (κ1) is 21.9. The predicted molar refractivity (Wildman–Crippen MR) is 123 cm³/mol. The molecule has 0 radical (unpaired) electrons. The minimum absolute atomic E-state index is 0.112. The van der Waals surface area contributed by atoms with Crippen LogP contribution < -0.4 is 10.0 Å². The van der Waals surface area contributed by atoms with Gasteiger partial charge < -0.3 is 5.32 Å². The Morgan fingerprint density at radius 2 is 1.57 bits per heavy atom. The number of carbonyl (C=O) groups is 1. The molecule has 0 heterocycles. The van der Waals surface area contributed by atoms with Gasteiger partial charge in [-0.3, -0.25) is 9.52 Å². The highest BCUT2D eigenvalue weighted by Crippen LogP contribution is 2.19. The zero-order valence-corrected chi connectivity index (χ0v) is 18.3. The van der Waals surface area contributed by atoms with Gasteiger partial charge in [0.1, 0.15) is 0 Å². The summed E-state index contributed by atoms with van der Waals surface area (Å²) in [6, 6.07) is 23.3. The number of amides is 1. The molecule has 0 saturated carbocycles. The molecule has 0 aromatic heterocycles. The molecule has 156 valence electrons. The van der Waals surface area contributed by atoms with E-state index in [2.05, 4.69) is 22.2 Å². The Kier molecular flexibility index (Phi) is 7.54. The summed E-state index contributed by atoms with van der Waals surface area (Å²) >= 11 is 1.75. The third kappa shape index (κ3) is 6.11. The van der Waals surface area contributed by atoms with E-state index >= 15 is 0 Å². The topological polar surface area (TPSA) is 75.3 Å². The van der Waals surface area contributed by atoms with Crippen molar-refractivity contribution in [2.45, 2.75) is 17.6 Å². The molecular formula is C23H24N2O3S2. The SMILES string of the molecule is Cc1ccccc1NS(=O)(=O)c1ccc(C(=O)NCCSCc2ccccc2)cc1. The smallest absolute Gasteiger partial charge is 0.261 e. The molecule has 0 fully saturated rings. The maximum absolute atomic E-state index is 12.6. The molecule has 0 aliphatic carbocycles. The van der Waals surface area contributed by atoms with Crippen molar-refractivity contribution in [1.29, 1.82) is 0 Å². The van der Waals surface area contributed by atoms with E-state index in [-0.39, 0.29) is 10.8 Å². The molecule has 3 aromatic carbocycles. The van der Waals surface area contributed by atoms with Gasteiger partial charge in [-0.1, -0.05) is 48.5 Å². The lowest BCUT2D eigenvalue weighted by Crippen LogP contribution is -2.25. The summed E-state index contributed by atoms with van der Waals surface area (Å²) in [5.41, 5.74) is 3.05. The second-order valence-corrected chi connectivity index (χ2v) is 9.53. The Bertz CT molecular complexity index is 1080. The van der Waals surface area contributed by atoms with Crippen LogP contribution in [0.3, 0.4) is 0 Å². The van der Waals surface area contributed by atoms with Crippen molar-refractivity contribution in [2.75, 3.05) is 17.0 Å². The average molecular weight is 441 g/mol. The first-order valence-corrected chi connectivity index (χ1v) is 12.2. The van der Waals surface area contributed by atoms with Crippen LogP contribution in [0.5, 0.6) is 0 Å². The summed E-state index contributed by atoms with van der Waals surface area (Å²) in [5.74, 6) is 1.48. The van der Waals surface area contributed by atoms with E-state index < -0.39 is 10.0 Å². The summed E-state index contributed by atoms with van der Waals surface area (Å²) in [5, 5.41) is 2.87. The van der Waals surface area contributed by atoms with Crippen LogP contribution in [0.15, 0.2) is 83.8 Å². The highest BCUT2D eigenvalue weighted by molar-refractivity contribution is 7.98. The highest BCUT2D eigenvalue weighted by Gasteiger charge is 2.16. The number of hydrogen-bond donors (Lipinski definition) is 2. The first-order chi connectivity index (χ1) is 14.5. The van der Waals surface area contributed by atoms with E-state index in [9.17, 15) is 13.2 Å². The number of thioether (sulfide) groups is 1. The zero-order valence-electron chi connectivity index (χ0n) is 16.7. The number of nitrogens with one attached hydrogen (secondary N) is 2. The van der Waals surface area contributed by atoms with Crippen molar-refractivity contribution in [3.63, 3.8) is 0 Å². The first-order valence-electron chi connectivity index (χ1n) is 9.54. The standard InChI is InChI=1S/C23H24N2O3S2/c1-18-7-5-6-10-22(18)25-30(27,28)21-13-11-20(12-14-21)23(26)24-15-16-29-17-19-8-3-2-4-9-19/h2-14,25H,15-17H2,1H3,(H,24,26). The van der Waals surface area contributed by atoms with Gasteiger partial charge in [0.25, 0.3) is 15.9 Å². The maximum atomic E-state index is 12.6. The zero-order chi connectivity index (χ0) is 21.4. The molecule has 0 unspecified atom stereocenters. The van der Waals surface area contributed by atoms with Gasteiger partial charge in [-0.05, 0) is 48.4 Å². The largest absolute Gasteiger partial charge is 0.351 e. The summed E-state index contributed by atoms with van der Waals surface area (Å²) in [6.07, 6.45) is 0. The van der Waals surface area contributed by atoms with Gasteiger partial charge in [-0.15, -0.1) is 0 Å². The Balaban J connectivity index is 1.50. The lowest BCUT2D eigenvalue weighted by molar-refractivity contribution is 0.0956. The number of hydrogen-bond acceptors (Lipinski definition) is 4. The molecule has 0 saturated heterocycles. The molecule has 30 heavy (non-hydrogen) atoms. The number of benzene rings is 3. The summed E-state index contributed by atoms with van der Waals surface area (Å²) in [6.45, 7) is 2.38. The fourth-order valence-corrected chi connectivity index (χ4v) is 4.73. The predicted octanol–water partition coefficient (Wildman–Crippen LogP) is 4.46. The lowest BCUT2D eigenvalue weighted by Gasteiger charge is -2.11. The Morgan fingerprint density at radius 3 is 2.27 bits per heavy atom. The Hall–Kier alpha value is -2.77. The molecule has 0 aliphatic rings. The normalized spacial score (nSPS) is 11.1. The van der Waals surface area contributed by atoms with E-state index in [0.29, 0.717) is 17.8 Å². The Labute approximate surface area is 182 Å². The van der Waals surface area contributed by atoms with Crippen molar-refractivity contribution in [3.05, 3.63) is 95.6 Å². The molecule has 2 N–H and O–H groups in total. The van der Waals surface area contributed by atoms with Gasteiger partial charge in [0.05, 0.1) is 10.6 Å². The second-order valence-electron chi connectivity index (χ2n) is 6.74. The van der Waals surface area contributed by atoms with Crippen LogP contribution >= 0.6 is 11.8 Å². The molecule has 3 aromatic rings. The molecule has 0 aliphatic heterocycles. The summed E-state index contributed by atoms with van der Waals surface area (Å²) in [4.78, 5) is 12.4. The summed E-state index contributed by atoms with van der Waals surface area (Å²) < 4.78 is 27.7. The molecule has 7 heteroatoms. The van der Waals surface area contributed by atoms with Gasteiger partial charge in [-0.2, -0.15) is 11.8 Å². The van der Waals surface area contributed by atoms with Crippen molar-refractivity contribution >= 4 is 33.4 Å². The van der Waals surface area contributed by atoms with E-state index in [4.69, 9.17) is 0 Å². The van der Waals surface area contributed by atoms with Gasteiger partial charge in [0.2, 0.25) is 0 Å². The van der Waals surface area contributed by atoms with Crippen LogP contribution in [0.25, 0.3) is 0 Å². The van der Waals surface area contributed by atoms with Crippen LogP contribution in [0, 0.1) is 6.92 Å². The number of rotatable bonds is 9. The molecule has 0 bridgehead atoms. The molecule has 0 atom stereocenters. The van der Waals surface area contributed by atoms with Gasteiger partial charge in [0.15, 0.2) is 0 Å². The third-order valence-electron chi connectivity index (χ3n) is 4.46. The quantitative estimate of drug-likeness (QED) is 0.482. The van der Waals surface area contributed by atoms with Crippen LogP contribution in [0.2, 0.25) is 0 Å². The molecule has 5 nitrogen and oxygen atoms in total. The molecule has 1 amide bonds. The van der Waals surface area contributed by atoms with Crippen LogP contribution in [0.4, 0.5) is 5.69 Å². The van der Waals surface area contributed by atoms with Gasteiger partial charge >= 0.3 is 0 Å². The van der Waals surface area contributed by atoms with Crippen molar-refractivity contribution in [2.24, 2.45) is 0 Å². The second kappa shape index (κ2) is 10.3. The highest BCUT2D eigenvalue weighted by atomic mass is 32.2. The minimum Gasteiger partial charge on any atom is -0.351 e. The number of carbonyl (C=O) groups excluding carboxylic acids is 1. The monoisotopic (exact) mass is 440 g/mol. The van der Waals surface area contributed by atoms with Crippen LogP contribution in [0.1, 0.15) is 21.5 Å². The minimum atomic E-state index is -3.71. The van der Waals surface area contributed by atoms with E-state index in [0.717, 1.165) is 17.1 Å². The van der Waals surface area contributed by atoms with Gasteiger partial charge in [0, 0.05) is 23.6 Å². The maximum Gasteiger partial charge on any atom is 0.261 e. The average Bonchev–Trinajstić information content (AvgIpc) is 2.76. The van der Waals surface area contributed by atoms with E-state index in [1.807, 2.05) is 37.3 Å². The molecule has 0 spiro atoms. The molecule has 3 rings (SSSR count). The number of aryl methyl sites for hydroxylation is 1. The Morgan fingerprint density at radius 1 is 0.900 bits per heavy atom. The number of anilines is 1. The van der Waals surface area contributed by atoms with Crippen molar-refractivity contribution in [1.82, 2.24) is 5.32 Å². The number of para-hydroxylation sites is 1. The fraction of sp³-hybridized carbons (Fsp3) is 0.174. The summed E-state index contributed by atoms with van der Waals surface area (Å²) in [7, 11) is -3.71. The van der Waals surface area contributed by atoms with Crippen molar-refractivity contribution < 1.29 is 13.2 Å². The fourth-order valence-electron chi connectivity index (χ4n) is 2.78. The number of sulfonamides is 1. The van der Waals surface area contributed by atoms with Crippen molar-refractivity contribution in [3.8, 4) is 0 Å².